The third kappa shape index (κ3) is 38.6. The Morgan fingerprint density at radius 1 is 0.406 bits per heavy atom. The van der Waals surface area contributed by atoms with Gasteiger partial charge in [-0.3, -0.25) is 20.0 Å². The first-order chi connectivity index (χ1) is 47.4. The van der Waals surface area contributed by atoms with Crippen molar-refractivity contribution < 1.29 is 148 Å². The summed E-state index contributed by atoms with van der Waals surface area (Å²) in [4.78, 5) is 17.3. The predicted octanol–water partition coefficient (Wildman–Crippen LogP) is 18.2. The molecule has 0 spiro atoms. The number of rotatable bonds is 14. The van der Waals surface area contributed by atoms with Crippen LogP contribution in [0.5, 0.6) is 11.5 Å². The van der Waals surface area contributed by atoms with Gasteiger partial charge in [0.25, 0.3) is 0 Å². The minimum Gasteiger partial charge on any atom is -0.872 e. The topological polar surface area (TPSA) is 188 Å². The summed E-state index contributed by atoms with van der Waals surface area (Å²) < 4.78 is 176. The van der Waals surface area contributed by atoms with E-state index in [2.05, 4.69) is 81.6 Å². The van der Waals surface area contributed by atoms with Crippen LogP contribution in [0, 0.1) is 0 Å². The molecule has 2 saturated heterocycles. The second kappa shape index (κ2) is 47.6. The van der Waals surface area contributed by atoms with Gasteiger partial charge in [-0.25, -0.2) is 0 Å². The number of hydrogen-bond acceptors (Lipinski definition) is 10. The monoisotopic (exact) mass is 1730 g/mol. The molecular formula is C76H122F12N6O6Si4Y2. The van der Waals surface area contributed by atoms with Crippen LogP contribution in [0.1, 0.15) is 220 Å². The molecule has 7 rings (SSSR count). The van der Waals surface area contributed by atoms with Gasteiger partial charge in [0.15, 0.2) is 0 Å². The second-order valence-corrected chi connectivity index (χ2v) is 43.6. The predicted molar refractivity (Wildman–Crippen MR) is 408 cm³/mol. The van der Waals surface area contributed by atoms with Gasteiger partial charge in [0.05, 0.1) is 35.4 Å². The van der Waals surface area contributed by atoms with E-state index >= 15 is 0 Å². The van der Waals surface area contributed by atoms with Crippen molar-refractivity contribution in [2.45, 2.75) is 321 Å². The first-order valence-electron chi connectivity index (χ1n) is 36.5. The number of benzene rings is 3. The molecule has 4 atom stereocenters. The molecule has 2 aliphatic heterocycles. The molecule has 2 saturated carbocycles. The maximum Gasteiger partial charge on any atom is 3.00 e. The largest absolute Gasteiger partial charge is 3.00 e. The van der Waals surface area contributed by atoms with E-state index in [4.69, 9.17) is 9.47 Å². The summed E-state index contributed by atoms with van der Waals surface area (Å²) >= 11 is 0. The van der Waals surface area contributed by atoms with Crippen molar-refractivity contribution in [1.29, 1.82) is 0 Å². The van der Waals surface area contributed by atoms with Crippen molar-refractivity contribution in [3.05, 3.63) is 103 Å². The van der Waals surface area contributed by atoms with Crippen LogP contribution in [0.25, 0.3) is 9.30 Å². The van der Waals surface area contributed by atoms with Crippen molar-refractivity contribution in [2.24, 2.45) is 20.0 Å². The fourth-order valence-electron chi connectivity index (χ4n) is 11.4. The Hall–Kier alpha value is -2.06. The van der Waals surface area contributed by atoms with E-state index in [1.54, 1.807) is 12.1 Å². The average molecular weight is 1730 g/mol. The Balaban J connectivity index is 0. The number of nitrogens with zero attached hydrogens (tertiary/aromatic N) is 6. The first kappa shape index (κ1) is 106. The van der Waals surface area contributed by atoms with E-state index in [-0.39, 0.29) is 87.7 Å². The number of halogens is 12. The van der Waals surface area contributed by atoms with Crippen LogP contribution in [0.2, 0.25) is 52.4 Å². The van der Waals surface area contributed by atoms with E-state index in [0.29, 0.717) is 60.8 Å². The molecule has 0 unspecified atom stereocenters. The Morgan fingerprint density at radius 2 is 0.642 bits per heavy atom. The van der Waals surface area contributed by atoms with Crippen LogP contribution < -0.4 is 20.4 Å². The third-order valence-electron chi connectivity index (χ3n) is 16.9. The van der Waals surface area contributed by atoms with Gasteiger partial charge in [-0.1, -0.05) is 269 Å². The summed E-state index contributed by atoms with van der Waals surface area (Å²) in [7, 11) is -2.17. The summed E-state index contributed by atoms with van der Waals surface area (Å²) in [5.74, 6) is -0.356. The molecule has 3 aromatic rings. The summed E-state index contributed by atoms with van der Waals surface area (Å²) in [5.41, 5.74) is -8.75. The van der Waals surface area contributed by atoms with Gasteiger partial charge in [-0.15, -0.1) is 0 Å². The minimum absolute atomic E-state index is 0. The fourth-order valence-corrected chi connectivity index (χ4v) is 20.9. The molecule has 106 heavy (non-hydrogen) atoms. The van der Waals surface area contributed by atoms with Crippen LogP contribution in [0.4, 0.5) is 52.7 Å². The maximum absolute atomic E-state index is 13.2. The number of alkyl halides is 12. The fraction of sp³-hybridized carbons (Fsp3) is 0.711. The maximum atomic E-state index is 13.2. The quantitative estimate of drug-likeness (QED) is 0.0877. The molecule has 2 heterocycles. The molecule has 4 fully saturated rings. The zero-order valence-corrected chi connectivity index (χ0v) is 77.4. The zero-order valence-electron chi connectivity index (χ0n) is 67.1. The first-order valence-corrected chi connectivity index (χ1v) is 47.8. The number of ether oxygens (including phenoxy) is 2. The van der Waals surface area contributed by atoms with Crippen molar-refractivity contribution in [2.75, 3.05) is 26.4 Å². The minimum atomic E-state index is -6.01. The Labute approximate surface area is 684 Å². The summed E-state index contributed by atoms with van der Waals surface area (Å²) in [6, 6.07) is 16.9. The summed E-state index contributed by atoms with van der Waals surface area (Å²) in [6.07, 6.45) is -15.0. The van der Waals surface area contributed by atoms with Crippen molar-refractivity contribution in [1.82, 2.24) is 0 Å². The van der Waals surface area contributed by atoms with E-state index in [1.165, 1.54) is 38.1 Å². The normalized spacial score (nSPS) is 18.9. The molecule has 3 aromatic carbocycles. The average Bonchev–Trinajstić information content (AvgIpc) is 0.824. The van der Waals surface area contributed by atoms with Gasteiger partial charge < -0.3 is 39.2 Å². The molecule has 0 aromatic heterocycles. The molecule has 2 aliphatic carbocycles. The Kier molecular flexibility index (Phi) is 47.6. The van der Waals surface area contributed by atoms with Gasteiger partial charge in [-0.05, 0) is 133 Å². The van der Waals surface area contributed by atoms with Crippen molar-refractivity contribution >= 4 is 59.7 Å². The Morgan fingerprint density at radius 3 is 0.821 bits per heavy atom. The van der Waals surface area contributed by atoms with Gasteiger partial charge in [-0.2, -0.15) is 52.7 Å². The van der Waals surface area contributed by atoms with Gasteiger partial charge in [0.2, 0.25) is 0 Å². The molecule has 0 bridgehead atoms. The summed E-state index contributed by atoms with van der Waals surface area (Å²) in [5, 5.41) is 50.1. The molecule has 4 aliphatic rings. The van der Waals surface area contributed by atoms with Crippen LogP contribution >= 0.6 is 0 Å². The standard InChI is InChI=1S/2C27H37F6N2O2.C6H6.2C4H14NSi2.2C4H8O.2Y/c2*1-16(14-25(37,26(28,29)30)27(31,32)33)35-21-11-9-8-10-20(21)34-15-17-12-18(23(2,3)4)13-19(22(17)36)24(5,6)7;1-2-4-6-5-3-1;2*1-6(2)5-7(3)4;2*1-2-4-5-3-1;;/h2*12-13,15,20-21,36H,8-11,14H2,1-7H3;1-6H;2*6-7H,1-4H3;2*1-4H2;;/q2*-1;;2*-1;;;2*+3/p-2/t2*20-,21-;;;;;;;/m00......./s1. The van der Waals surface area contributed by atoms with Crippen LogP contribution in [0.3, 0.4) is 0 Å². The summed E-state index contributed by atoms with van der Waals surface area (Å²) in [6.45, 7) is 47.9. The molecule has 0 radical (unpaired) electrons. The number of hydrogen-bond donors (Lipinski definition) is 0. The van der Waals surface area contributed by atoms with E-state index in [1.807, 2.05) is 132 Å². The molecule has 30 heteroatoms. The van der Waals surface area contributed by atoms with Gasteiger partial charge >= 0.3 is 90.1 Å². The molecule has 598 valence electrons. The molecule has 12 nitrogen and oxygen atoms in total. The van der Waals surface area contributed by atoms with E-state index < -0.39 is 131 Å². The smallest absolute Gasteiger partial charge is 0.872 e. The molecular weight excluding hydrogens is 1610 g/mol. The van der Waals surface area contributed by atoms with E-state index in [0.717, 1.165) is 64.2 Å². The van der Waals surface area contributed by atoms with Crippen LogP contribution in [0.15, 0.2) is 80.6 Å². The zero-order chi connectivity index (χ0) is 80.3. The van der Waals surface area contributed by atoms with Crippen molar-refractivity contribution in [3.63, 3.8) is 0 Å². The van der Waals surface area contributed by atoms with E-state index in [9.17, 15) is 73.1 Å². The Bertz CT molecular complexity index is 2820. The van der Waals surface area contributed by atoms with Crippen LogP contribution in [-0.2, 0) is 96.6 Å². The third-order valence-corrected chi connectivity index (χ3v) is 26.4. The van der Waals surface area contributed by atoms with Gasteiger partial charge in [0, 0.05) is 50.3 Å². The second-order valence-electron chi connectivity index (χ2n) is 32.5. The van der Waals surface area contributed by atoms with Crippen LogP contribution in [-0.4, -0.2) is 146 Å². The van der Waals surface area contributed by atoms with Crippen molar-refractivity contribution in [3.8, 4) is 11.5 Å². The van der Waals surface area contributed by atoms with Gasteiger partial charge in [0.1, 0.15) is 0 Å². The molecule has 0 N–H and O–H groups in total. The SMILES string of the molecule is C1CCOC1.C1CCOC1.CC(CC([O-])(C(F)(F)F)C(F)(F)F)=N[C@H]1CCCC[C@@H]1N=Cc1cc(C(C)(C)C)cc(C(C)(C)C)c1[O-].CC(CC([O-])(C(F)(F)F)C(F)(F)F)=N[C@H]1CCCC[C@@H]1N=Cc1cc(C(C)(C)C)cc(C(C)(C)C)c1[O-].C[SiH](C)[N-][SiH](C)C.C[SiH](C)[N-][SiH](C)C.[Y+3].[Y+3].c1ccccc1. The number of aliphatic imine (C=N–C) groups is 4. The molecule has 0 amide bonds.